The Bertz CT molecular complexity index is 1030. The first-order chi connectivity index (χ1) is 14.8. The third-order valence-electron chi connectivity index (χ3n) is 6.75. The third kappa shape index (κ3) is 4.46. The molecule has 164 valence electrons. The van der Waals surface area contributed by atoms with E-state index in [-0.39, 0.29) is 16.5 Å². The Kier molecular flexibility index (Phi) is 6.04. The van der Waals surface area contributed by atoms with Gasteiger partial charge in [-0.15, -0.1) is 0 Å². The van der Waals surface area contributed by atoms with Crippen molar-refractivity contribution in [2.75, 3.05) is 6.54 Å². The summed E-state index contributed by atoms with van der Waals surface area (Å²) in [7, 11) is 0. The van der Waals surface area contributed by atoms with Crippen LogP contribution in [0.3, 0.4) is 0 Å². The van der Waals surface area contributed by atoms with Gasteiger partial charge in [-0.3, -0.25) is 14.7 Å². The minimum atomic E-state index is -0.700. The molecule has 0 amide bonds. The highest BCUT2D eigenvalue weighted by Crippen LogP contribution is 2.39. The maximum Gasteiger partial charge on any atom is 0.309 e. The van der Waals surface area contributed by atoms with E-state index in [1.807, 2.05) is 6.92 Å². The highest BCUT2D eigenvalue weighted by Gasteiger charge is 2.39. The summed E-state index contributed by atoms with van der Waals surface area (Å²) in [4.78, 5) is 18.2. The van der Waals surface area contributed by atoms with Crippen LogP contribution in [0, 0.1) is 5.41 Å². The fraction of sp³-hybridized carbons (Fsp3) is 0.417. The number of aliphatic carboxylic acids is 1. The van der Waals surface area contributed by atoms with Gasteiger partial charge in [-0.25, -0.2) is 4.39 Å². The topological polar surface area (TPSA) is 73.7 Å². The van der Waals surface area contributed by atoms with Crippen LogP contribution in [0.1, 0.15) is 55.0 Å². The number of aromatic hydroxyl groups is 1. The molecule has 1 aromatic carbocycles. The zero-order chi connectivity index (χ0) is 22.2. The highest BCUT2D eigenvalue weighted by molar-refractivity contribution is 6.33. The van der Waals surface area contributed by atoms with Crippen LogP contribution in [0.4, 0.5) is 4.39 Å². The lowest BCUT2D eigenvalue weighted by Crippen LogP contribution is -2.44. The van der Waals surface area contributed by atoms with E-state index in [0.717, 1.165) is 43.5 Å². The third-order valence-corrected chi connectivity index (χ3v) is 7.16. The minimum absolute atomic E-state index is 0.0897. The zero-order valence-corrected chi connectivity index (χ0v) is 18.2. The molecule has 0 saturated heterocycles. The lowest BCUT2D eigenvalue weighted by molar-refractivity contribution is -0.150. The van der Waals surface area contributed by atoms with Crippen molar-refractivity contribution >= 4 is 29.5 Å². The Balaban J connectivity index is 1.46. The van der Waals surface area contributed by atoms with Gasteiger partial charge >= 0.3 is 5.97 Å². The number of hydrogen-bond donors (Lipinski definition) is 2. The van der Waals surface area contributed by atoms with Crippen LogP contribution in [0.25, 0.3) is 11.9 Å². The number of aromatic nitrogens is 1. The van der Waals surface area contributed by atoms with Gasteiger partial charge in [0.1, 0.15) is 11.6 Å². The number of phenols is 1. The molecular weight excluding hydrogens is 419 g/mol. The summed E-state index contributed by atoms with van der Waals surface area (Å²) in [5.41, 5.74) is 2.21. The fourth-order valence-corrected chi connectivity index (χ4v) is 4.76. The molecule has 1 aliphatic carbocycles. The Hall–Kier alpha value is -2.44. The van der Waals surface area contributed by atoms with E-state index in [1.54, 1.807) is 24.4 Å². The predicted molar refractivity (Wildman–Crippen MR) is 118 cm³/mol. The number of benzene rings is 1. The van der Waals surface area contributed by atoms with E-state index in [4.69, 9.17) is 11.6 Å². The molecule has 1 aliphatic heterocycles. The quantitative estimate of drug-likeness (QED) is 0.669. The van der Waals surface area contributed by atoms with Gasteiger partial charge in [0.25, 0.3) is 0 Å². The molecule has 0 radical (unpaired) electrons. The van der Waals surface area contributed by atoms with E-state index in [2.05, 4.69) is 9.88 Å². The lowest BCUT2D eigenvalue weighted by Gasteiger charge is -2.41. The average molecular weight is 445 g/mol. The van der Waals surface area contributed by atoms with Crippen LogP contribution in [-0.4, -0.2) is 38.7 Å². The van der Waals surface area contributed by atoms with Crippen LogP contribution in [0.15, 0.2) is 30.5 Å². The van der Waals surface area contributed by atoms with Gasteiger partial charge in [-0.2, -0.15) is 0 Å². The normalized spacial score (nSPS) is 24.6. The van der Waals surface area contributed by atoms with Gasteiger partial charge in [-0.1, -0.05) is 23.7 Å². The zero-order valence-electron chi connectivity index (χ0n) is 17.4. The molecule has 0 unspecified atom stereocenters. The standard InChI is InChI=1S/C24H26ClFN2O3/c1-24(23(30)31)8-5-18(6-9-24)28-10-7-15-12-20(27-13-17(15)14-28)19(26)11-16-3-2-4-21(29)22(16)25/h2-4,11-13,18,29H,5-10,14H2,1H3,(H,30,31)/b19-11-. The molecule has 7 heteroatoms. The first kappa shape index (κ1) is 21.8. The maximum absolute atomic E-state index is 14.8. The van der Waals surface area contributed by atoms with Crippen molar-refractivity contribution in [1.82, 2.24) is 9.88 Å². The smallest absolute Gasteiger partial charge is 0.309 e. The van der Waals surface area contributed by atoms with Gasteiger partial charge in [0.05, 0.1) is 16.1 Å². The Labute approximate surface area is 186 Å². The number of carboxylic acids is 1. The molecule has 0 bridgehead atoms. The number of fused-ring (bicyclic) bond motifs is 1. The number of rotatable bonds is 4. The molecule has 2 aromatic rings. The van der Waals surface area contributed by atoms with E-state index in [0.29, 0.717) is 24.4 Å². The number of nitrogens with zero attached hydrogens (tertiary/aromatic N) is 2. The van der Waals surface area contributed by atoms with Crippen LogP contribution in [0.5, 0.6) is 5.75 Å². The van der Waals surface area contributed by atoms with E-state index in [9.17, 15) is 19.4 Å². The molecule has 1 aromatic heterocycles. The molecule has 5 nitrogen and oxygen atoms in total. The first-order valence-electron chi connectivity index (χ1n) is 10.6. The van der Waals surface area contributed by atoms with Crippen molar-refractivity contribution in [2.24, 2.45) is 5.41 Å². The second-order valence-corrected chi connectivity index (χ2v) is 9.21. The second-order valence-electron chi connectivity index (χ2n) is 8.83. The molecule has 2 N–H and O–H groups in total. The Morgan fingerprint density at radius 2 is 2.06 bits per heavy atom. The molecule has 4 rings (SSSR count). The van der Waals surface area contributed by atoms with Crippen LogP contribution < -0.4 is 0 Å². The van der Waals surface area contributed by atoms with Gasteiger partial charge in [0.15, 0.2) is 0 Å². The second kappa shape index (κ2) is 8.60. The number of hydrogen-bond acceptors (Lipinski definition) is 4. The SMILES string of the molecule is CC1(C(=O)O)CCC(N2CCc3cc(/C(F)=C/c4cccc(O)c4Cl)ncc3C2)CC1. The Morgan fingerprint density at radius 1 is 1.32 bits per heavy atom. The summed E-state index contributed by atoms with van der Waals surface area (Å²) < 4.78 is 14.8. The van der Waals surface area contributed by atoms with Crippen LogP contribution in [0.2, 0.25) is 5.02 Å². The van der Waals surface area contributed by atoms with Crippen LogP contribution in [-0.2, 0) is 17.8 Å². The van der Waals surface area contributed by atoms with Gasteiger partial charge in [0.2, 0.25) is 0 Å². The van der Waals surface area contributed by atoms with Gasteiger partial charge in [-0.05, 0) is 73.9 Å². The number of carbonyl (C=O) groups is 1. The molecule has 31 heavy (non-hydrogen) atoms. The average Bonchev–Trinajstić information content (AvgIpc) is 2.76. The summed E-state index contributed by atoms with van der Waals surface area (Å²) in [6, 6.07) is 6.87. The van der Waals surface area contributed by atoms with Crippen molar-refractivity contribution < 1.29 is 19.4 Å². The highest BCUT2D eigenvalue weighted by atomic mass is 35.5. The first-order valence-corrected chi connectivity index (χ1v) is 10.9. The van der Waals surface area contributed by atoms with Crippen LogP contribution >= 0.6 is 11.6 Å². The minimum Gasteiger partial charge on any atom is -0.506 e. The van der Waals surface area contributed by atoms with E-state index in [1.165, 1.54) is 12.1 Å². The van der Waals surface area contributed by atoms with Crippen molar-refractivity contribution in [3.05, 3.63) is 57.9 Å². The molecular formula is C24H26ClFN2O3. The molecule has 0 spiro atoms. The maximum atomic E-state index is 14.8. The summed E-state index contributed by atoms with van der Waals surface area (Å²) >= 11 is 6.05. The van der Waals surface area contributed by atoms with E-state index >= 15 is 0 Å². The van der Waals surface area contributed by atoms with Gasteiger partial charge < -0.3 is 10.2 Å². The predicted octanol–water partition coefficient (Wildman–Crippen LogP) is 5.30. The van der Waals surface area contributed by atoms with Gasteiger partial charge in [0, 0.05) is 25.3 Å². The fourth-order valence-electron chi connectivity index (χ4n) is 4.58. The lowest BCUT2D eigenvalue weighted by atomic mass is 9.73. The molecule has 1 saturated carbocycles. The summed E-state index contributed by atoms with van der Waals surface area (Å²) in [5.74, 6) is -1.29. The molecule has 1 fully saturated rings. The molecule has 0 atom stereocenters. The van der Waals surface area contributed by atoms with Crippen molar-refractivity contribution in [2.45, 2.75) is 51.6 Å². The monoisotopic (exact) mass is 444 g/mol. The largest absolute Gasteiger partial charge is 0.506 e. The summed E-state index contributed by atoms with van der Waals surface area (Å²) in [6.45, 7) is 3.46. The number of carboxylic acid groups (broad SMARTS) is 1. The van der Waals surface area contributed by atoms with Crippen molar-refractivity contribution in [1.29, 1.82) is 0 Å². The van der Waals surface area contributed by atoms with E-state index < -0.39 is 17.2 Å². The number of pyridine rings is 1. The molecule has 2 heterocycles. The summed E-state index contributed by atoms with van der Waals surface area (Å²) in [6.07, 6.45) is 6.98. The molecule has 2 aliphatic rings. The number of phenolic OH excluding ortho intramolecular Hbond substituents is 1. The van der Waals surface area contributed by atoms with Crippen molar-refractivity contribution in [3.63, 3.8) is 0 Å². The summed E-state index contributed by atoms with van der Waals surface area (Å²) in [5, 5.41) is 19.2. The Morgan fingerprint density at radius 3 is 2.77 bits per heavy atom. The van der Waals surface area contributed by atoms with Crippen molar-refractivity contribution in [3.8, 4) is 5.75 Å². The number of halogens is 2.